The Morgan fingerprint density at radius 1 is 1.22 bits per heavy atom. The van der Waals surface area contributed by atoms with E-state index in [1.54, 1.807) is 12.1 Å². The van der Waals surface area contributed by atoms with Crippen LogP contribution in [0.2, 0.25) is 0 Å². The van der Waals surface area contributed by atoms with Crippen LogP contribution < -0.4 is 5.32 Å². The van der Waals surface area contributed by atoms with Crippen LogP contribution in [-0.2, 0) is 0 Å². The Kier molecular flexibility index (Phi) is 3.06. The van der Waals surface area contributed by atoms with Crippen LogP contribution in [0, 0.1) is 5.82 Å². The van der Waals surface area contributed by atoms with E-state index in [0.717, 1.165) is 41.6 Å². The summed E-state index contributed by atoms with van der Waals surface area (Å²) in [6, 6.07) is 6.37. The van der Waals surface area contributed by atoms with Gasteiger partial charge in [0.25, 0.3) is 0 Å². The summed E-state index contributed by atoms with van der Waals surface area (Å²) >= 11 is 1.54. The van der Waals surface area contributed by atoms with Gasteiger partial charge in [0.1, 0.15) is 11.7 Å². The summed E-state index contributed by atoms with van der Waals surface area (Å²) in [5.41, 5.74) is 1.79. The van der Waals surface area contributed by atoms with E-state index in [-0.39, 0.29) is 5.82 Å². The molecule has 18 heavy (non-hydrogen) atoms. The predicted octanol–water partition coefficient (Wildman–Crippen LogP) is 3.55. The molecule has 0 amide bonds. The third kappa shape index (κ3) is 2.41. The average Bonchev–Trinajstić information content (AvgIpc) is 3.02. The van der Waals surface area contributed by atoms with Crippen LogP contribution in [0.4, 0.5) is 9.52 Å². The second-order valence-corrected chi connectivity index (χ2v) is 4.96. The number of nitrogens with one attached hydrogen (secondary N) is 1. The number of benzene rings is 1. The zero-order valence-electron chi connectivity index (χ0n) is 9.69. The number of halogens is 1. The fraction of sp³-hybridized carbons (Fsp3) is 0.231. The van der Waals surface area contributed by atoms with Gasteiger partial charge in [-0.15, -0.1) is 11.3 Å². The molecule has 0 fully saturated rings. The summed E-state index contributed by atoms with van der Waals surface area (Å²) in [4.78, 5) is 8.82. The summed E-state index contributed by atoms with van der Waals surface area (Å²) in [6.07, 6.45) is 2.10. The Labute approximate surface area is 108 Å². The lowest BCUT2D eigenvalue weighted by Gasteiger charge is -2.00. The van der Waals surface area contributed by atoms with Crippen LogP contribution in [0.1, 0.15) is 12.8 Å². The molecule has 0 saturated heterocycles. The van der Waals surface area contributed by atoms with Gasteiger partial charge in [-0.05, 0) is 30.7 Å². The zero-order chi connectivity index (χ0) is 12.4. The van der Waals surface area contributed by atoms with Gasteiger partial charge in [-0.2, -0.15) is 0 Å². The Bertz CT molecular complexity index is 574. The van der Waals surface area contributed by atoms with Crippen molar-refractivity contribution in [3.05, 3.63) is 35.5 Å². The molecule has 0 unspecified atom stereocenters. The molecule has 3 rings (SSSR count). The Hall–Kier alpha value is -1.75. The van der Waals surface area contributed by atoms with Crippen LogP contribution in [0.5, 0.6) is 0 Å². The zero-order valence-corrected chi connectivity index (χ0v) is 10.5. The van der Waals surface area contributed by atoms with Gasteiger partial charge in [0.05, 0.1) is 5.69 Å². The van der Waals surface area contributed by atoms with Crippen molar-refractivity contribution in [1.29, 1.82) is 0 Å². The van der Waals surface area contributed by atoms with E-state index in [1.807, 2.05) is 5.38 Å². The van der Waals surface area contributed by atoms with E-state index in [0.29, 0.717) is 0 Å². The van der Waals surface area contributed by atoms with Crippen molar-refractivity contribution < 1.29 is 4.39 Å². The monoisotopic (exact) mass is 261 g/mol. The second-order valence-electron chi connectivity index (χ2n) is 4.10. The summed E-state index contributed by atoms with van der Waals surface area (Å²) in [7, 11) is 0. The maximum Gasteiger partial charge on any atom is 0.188 e. The highest BCUT2D eigenvalue weighted by Gasteiger charge is 2.09. The van der Waals surface area contributed by atoms with E-state index in [9.17, 15) is 4.39 Å². The second kappa shape index (κ2) is 4.86. The first kappa shape index (κ1) is 11.3. The number of anilines is 1. The lowest BCUT2D eigenvalue weighted by Crippen LogP contribution is -2.07. The van der Waals surface area contributed by atoms with Crippen molar-refractivity contribution in [3.8, 4) is 11.3 Å². The van der Waals surface area contributed by atoms with E-state index in [2.05, 4.69) is 15.3 Å². The third-order valence-corrected chi connectivity index (χ3v) is 3.53. The first-order chi connectivity index (χ1) is 8.81. The van der Waals surface area contributed by atoms with Gasteiger partial charge in [-0.25, -0.2) is 9.37 Å². The van der Waals surface area contributed by atoms with Crippen LogP contribution in [-0.4, -0.2) is 17.4 Å². The van der Waals surface area contributed by atoms with Gasteiger partial charge >= 0.3 is 0 Å². The molecule has 0 saturated carbocycles. The molecule has 1 aliphatic heterocycles. The van der Waals surface area contributed by atoms with Gasteiger partial charge < -0.3 is 5.32 Å². The van der Waals surface area contributed by atoms with E-state index in [1.165, 1.54) is 23.5 Å². The Morgan fingerprint density at radius 3 is 2.78 bits per heavy atom. The van der Waals surface area contributed by atoms with Gasteiger partial charge in [-0.3, -0.25) is 4.99 Å². The number of rotatable bonds is 2. The minimum atomic E-state index is -0.229. The standard InChI is InChI=1S/C13H12FN3S/c14-10-5-3-9(4-6-10)11-8-18-13(16-11)17-12-2-1-7-15-12/h3-6,8H,1-2,7H2,(H,15,16,17). The summed E-state index contributed by atoms with van der Waals surface area (Å²) in [6.45, 7) is 0.901. The molecule has 1 aromatic heterocycles. The molecule has 1 aromatic carbocycles. The summed E-state index contributed by atoms with van der Waals surface area (Å²) in [5, 5.41) is 6.03. The van der Waals surface area contributed by atoms with Gasteiger partial charge in [0, 0.05) is 23.9 Å². The molecule has 5 heteroatoms. The number of amidine groups is 1. The van der Waals surface area contributed by atoms with Crippen molar-refractivity contribution in [3.63, 3.8) is 0 Å². The topological polar surface area (TPSA) is 37.3 Å². The predicted molar refractivity (Wildman–Crippen MR) is 72.7 cm³/mol. The van der Waals surface area contributed by atoms with Gasteiger partial charge in [-0.1, -0.05) is 0 Å². The normalized spacial score (nSPS) is 14.6. The first-order valence-electron chi connectivity index (χ1n) is 5.83. The lowest BCUT2D eigenvalue weighted by molar-refractivity contribution is 0.628. The molecule has 0 bridgehead atoms. The van der Waals surface area contributed by atoms with Crippen molar-refractivity contribution in [2.45, 2.75) is 12.8 Å². The van der Waals surface area contributed by atoms with E-state index < -0.39 is 0 Å². The van der Waals surface area contributed by atoms with E-state index >= 15 is 0 Å². The quantitative estimate of drug-likeness (QED) is 0.897. The highest BCUT2D eigenvalue weighted by Crippen LogP contribution is 2.25. The molecule has 0 spiro atoms. The molecule has 0 aliphatic carbocycles. The first-order valence-corrected chi connectivity index (χ1v) is 6.71. The molecular formula is C13H12FN3S. The molecule has 2 aromatic rings. The number of hydrogen-bond acceptors (Lipinski definition) is 4. The van der Waals surface area contributed by atoms with Gasteiger partial charge in [0.15, 0.2) is 5.13 Å². The number of aromatic nitrogens is 1. The van der Waals surface area contributed by atoms with Crippen molar-refractivity contribution in [2.75, 3.05) is 11.9 Å². The van der Waals surface area contributed by atoms with Crippen molar-refractivity contribution in [2.24, 2.45) is 4.99 Å². The Morgan fingerprint density at radius 2 is 2.06 bits per heavy atom. The SMILES string of the molecule is Fc1ccc(-c2csc(NC3=NCCC3)n2)cc1. The number of aliphatic imine (C=N–C) groups is 1. The maximum absolute atomic E-state index is 12.8. The van der Waals surface area contributed by atoms with Crippen LogP contribution in [0.15, 0.2) is 34.6 Å². The molecule has 1 aliphatic rings. The molecule has 2 heterocycles. The fourth-order valence-corrected chi connectivity index (χ4v) is 2.59. The molecule has 0 atom stereocenters. The third-order valence-electron chi connectivity index (χ3n) is 2.77. The maximum atomic E-state index is 12.8. The molecule has 92 valence electrons. The van der Waals surface area contributed by atoms with Crippen LogP contribution >= 0.6 is 11.3 Å². The average molecular weight is 261 g/mol. The fourth-order valence-electron chi connectivity index (χ4n) is 1.85. The Balaban J connectivity index is 1.78. The largest absolute Gasteiger partial charge is 0.320 e. The number of thiazole rings is 1. The number of hydrogen-bond donors (Lipinski definition) is 1. The van der Waals surface area contributed by atoms with E-state index in [4.69, 9.17) is 0 Å². The van der Waals surface area contributed by atoms with Crippen LogP contribution in [0.3, 0.4) is 0 Å². The highest BCUT2D eigenvalue weighted by molar-refractivity contribution is 7.14. The van der Waals surface area contributed by atoms with Crippen LogP contribution in [0.25, 0.3) is 11.3 Å². The highest BCUT2D eigenvalue weighted by atomic mass is 32.1. The molecular weight excluding hydrogens is 249 g/mol. The molecule has 1 N–H and O–H groups in total. The lowest BCUT2D eigenvalue weighted by atomic mass is 10.2. The smallest absolute Gasteiger partial charge is 0.188 e. The minimum absolute atomic E-state index is 0.229. The molecule has 0 radical (unpaired) electrons. The van der Waals surface area contributed by atoms with Crippen molar-refractivity contribution in [1.82, 2.24) is 4.98 Å². The summed E-state index contributed by atoms with van der Waals surface area (Å²) < 4.78 is 12.8. The van der Waals surface area contributed by atoms with Crippen molar-refractivity contribution >= 4 is 22.3 Å². The van der Waals surface area contributed by atoms with Gasteiger partial charge in [0.2, 0.25) is 0 Å². The number of nitrogens with zero attached hydrogens (tertiary/aromatic N) is 2. The summed E-state index contributed by atoms with van der Waals surface area (Å²) in [5.74, 6) is 0.780. The molecule has 3 nitrogen and oxygen atoms in total. The minimum Gasteiger partial charge on any atom is -0.320 e.